The molecule has 0 aliphatic heterocycles. The monoisotopic (exact) mass is 329 g/mol. The summed E-state index contributed by atoms with van der Waals surface area (Å²) in [6, 6.07) is 5.31. The first-order valence-electron chi connectivity index (χ1n) is 6.53. The van der Waals surface area contributed by atoms with Gasteiger partial charge in [0.1, 0.15) is 0 Å². The van der Waals surface area contributed by atoms with Gasteiger partial charge in [-0.3, -0.25) is 4.79 Å². The minimum Gasteiger partial charge on any atom is -0.449 e. The summed E-state index contributed by atoms with van der Waals surface area (Å²) in [5.41, 5.74) is 0.170. The van der Waals surface area contributed by atoms with Gasteiger partial charge in [-0.15, -0.1) is 0 Å². The molecule has 0 spiro atoms. The molecule has 0 aliphatic carbocycles. The summed E-state index contributed by atoms with van der Waals surface area (Å²) in [7, 11) is -1.81. The van der Waals surface area contributed by atoms with Crippen LogP contribution in [0.4, 0.5) is 0 Å². The van der Waals surface area contributed by atoms with Crippen LogP contribution in [0.1, 0.15) is 17.3 Å². The summed E-state index contributed by atoms with van der Waals surface area (Å²) in [6.07, 6.45) is 0.117. The number of ether oxygens (including phenoxy) is 2. The number of hydrogen-bond acceptors (Lipinski definition) is 6. The third-order valence-corrected chi connectivity index (χ3v) is 3.91. The Morgan fingerprint density at radius 1 is 1.23 bits per heavy atom. The van der Waals surface area contributed by atoms with Crippen LogP contribution in [0.3, 0.4) is 0 Å². The van der Waals surface area contributed by atoms with Crippen molar-refractivity contribution in [2.45, 2.75) is 17.9 Å². The van der Waals surface area contributed by atoms with E-state index in [9.17, 15) is 18.0 Å². The topological polar surface area (TPSA) is 98.8 Å². The van der Waals surface area contributed by atoms with Crippen molar-refractivity contribution in [1.82, 2.24) is 5.32 Å². The lowest BCUT2D eigenvalue weighted by Crippen LogP contribution is -2.37. The fourth-order valence-electron chi connectivity index (χ4n) is 1.54. The first kappa shape index (κ1) is 18.1. The van der Waals surface area contributed by atoms with Gasteiger partial charge >= 0.3 is 5.97 Å². The molecule has 8 heteroatoms. The minimum atomic E-state index is -3.32. The van der Waals surface area contributed by atoms with Crippen molar-refractivity contribution in [3.63, 3.8) is 0 Å². The van der Waals surface area contributed by atoms with Gasteiger partial charge in [0.2, 0.25) is 0 Å². The Kier molecular flexibility index (Phi) is 6.51. The third kappa shape index (κ3) is 5.45. The van der Waals surface area contributed by atoms with Gasteiger partial charge in [0.05, 0.1) is 17.1 Å². The van der Waals surface area contributed by atoms with Crippen molar-refractivity contribution < 1.29 is 27.5 Å². The van der Waals surface area contributed by atoms with E-state index in [1.165, 1.54) is 38.3 Å². The van der Waals surface area contributed by atoms with Crippen LogP contribution in [0.5, 0.6) is 0 Å². The highest BCUT2D eigenvalue weighted by Gasteiger charge is 2.19. The fourth-order valence-corrected chi connectivity index (χ4v) is 2.17. The van der Waals surface area contributed by atoms with E-state index in [1.54, 1.807) is 0 Å². The number of amides is 1. The maximum absolute atomic E-state index is 11.9. The Morgan fingerprint density at radius 2 is 1.82 bits per heavy atom. The molecule has 1 aromatic rings. The molecule has 1 aromatic carbocycles. The number of carbonyl (C=O) groups excluding carboxylic acids is 2. The quantitative estimate of drug-likeness (QED) is 0.574. The highest BCUT2D eigenvalue weighted by Crippen LogP contribution is 2.11. The lowest BCUT2D eigenvalue weighted by Gasteiger charge is -2.13. The molecule has 22 heavy (non-hydrogen) atoms. The molecule has 0 unspecified atom stereocenters. The molecule has 7 nitrogen and oxygen atoms in total. The fraction of sp³-hybridized carbons (Fsp3) is 0.429. The lowest BCUT2D eigenvalue weighted by molar-refractivity contribution is -0.129. The molecule has 0 bridgehead atoms. The van der Waals surface area contributed by atoms with Crippen LogP contribution in [0.15, 0.2) is 29.2 Å². The molecule has 0 radical (unpaired) electrons. The van der Waals surface area contributed by atoms with Gasteiger partial charge in [0.15, 0.2) is 15.9 Å². The van der Waals surface area contributed by atoms with Gasteiger partial charge in [-0.05, 0) is 31.2 Å². The standard InChI is InChI=1S/C14H19NO6S/c1-10(13(16)15-8-9-20-2)21-14(17)11-4-6-12(7-5-11)22(3,18)19/h4-7,10H,8-9H2,1-3H3,(H,15,16)/t10-/m1/s1. The van der Waals surface area contributed by atoms with Gasteiger partial charge in [-0.25, -0.2) is 13.2 Å². The van der Waals surface area contributed by atoms with Crippen LogP contribution in [-0.4, -0.2) is 52.9 Å². The Bertz CT molecular complexity index is 623. The van der Waals surface area contributed by atoms with Gasteiger partial charge in [-0.1, -0.05) is 0 Å². The number of nitrogens with one attached hydrogen (secondary N) is 1. The summed E-state index contributed by atoms with van der Waals surface area (Å²) in [6.45, 7) is 2.13. The third-order valence-electron chi connectivity index (χ3n) is 2.78. The van der Waals surface area contributed by atoms with E-state index < -0.39 is 27.8 Å². The largest absolute Gasteiger partial charge is 0.449 e. The van der Waals surface area contributed by atoms with E-state index >= 15 is 0 Å². The molecule has 1 atom stereocenters. The second-order valence-electron chi connectivity index (χ2n) is 4.63. The Labute approximate surface area is 129 Å². The minimum absolute atomic E-state index is 0.106. The number of hydrogen-bond donors (Lipinski definition) is 1. The zero-order valence-corrected chi connectivity index (χ0v) is 13.5. The average Bonchev–Trinajstić information content (AvgIpc) is 2.46. The SMILES string of the molecule is COCCNC(=O)[C@@H](C)OC(=O)c1ccc(S(C)(=O)=O)cc1. The molecule has 0 saturated carbocycles. The van der Waals surface area contributed by atoms with E-state index in [1.807, 2.05) is 0 Å². The molecular formula is C14H19NO6S. The van der Waals surface area contributed by atoms with Crippen LogP contribution in [-0.2, 0) is 24.1 Å². The predicted octanol–water partition coefficient (Wildman–Crippen LogP) is 0.398. The van der Waals surface area contributed by atoms with E-state index in [0.717, 1.165) is 6.26 Å². The summed E-state index contributed by atoms with van der Waals surface area (Å²) >= 11 is 0. The average molecular weight is 329 g/mol. The van der Waals surface area contributed by atoms with E-state index in [4.69, 9.17) is 9.47 Å². The molecule has 1 rings (SSSR count). The maximum Gasteiger partial charge on any atom is 0.338 e. The Morgan fingerprint density at radius 3 is 2.32 bits per heavy atom. The van der Waals surface area contributed by atoms with E-state index in [2.05, 4.69) is 5.32 Å². The van der Waals surface area contributed by atoms with E-state index in [-0.39, 0.29) is 10.5 Å². The van der Waals surface area contributed by atoms with Crippen molar-refractivity contribution in [1.29, 1.82) is 0 Å². The number of benzene rings is 1. The first-order valence-corrected chi connectivity index (χ1v) is 8.42. The molecule has 0 aliphatic rings. The second-order valence-corrected chi connectivity index (χ2v) is 6.64. The van der Waals surface area contributed by atoms with Gasteiger partial charge in [-0.2, -0.15) is 0 Å². The van der Waals surface area contributed by atoms with E-state index in [0.29, 0.717) is 13.2 Å². The summed E-state index contributed by atoms with van der Waals surface area (Å²) in [5, 5.41) is 2.55. The van der Waals surface area contributed by atoms with Crippen LogP contribution in [0.25, 0.3) is 0 Å². The second kappa shape index (κ2) is 7.90. The Balaban J connectivity index is 2.63. The summed E-state index contributed by atoms with van der Waals surface area (Å²) < 4.78 is 32.5. The zero-order chi connectivity index (χ0) is 16.8. The zero-order valence-electron chi connectivity index (χ0n) is 12.7. The molecule has 0 fully saturated rings. The summed E-state index contributed by atoms with van der Waals surface area (Å²) in [4.78, 5) is 23.6. The molecular weight excluding hydrogens is 310 g/mol. The van der Waals surface area contributed by atoms with Crippen molar-refractivity contribution >= 4 is 21.7 Å². The molecule has 0 aromatic heterocycles. The molecule has 1 amide bonds. The molecule has 1 N–H and O–H groups in total. The predicted molar refractivity (Wildman–Crippen MR) is 79.3 cm³/mol. The van der Waals surface area contributed by atoms with Crippen molar-refractivity contribution in [3.8, 4) is 0 Å². The molecule has 0 heterocycles. The smallest absolute Gasteiger partial charge is 0.338 e. The summed E-state index contributed by atoms with van der Waals surface area (Å²) in [5.74, 6) is -1.13. The lowest BCUT2D eigenvalue weighted by atomic mass is 10.2. The number of carbonyl (C=O) groups is 2. The van der Waals surface area contributed by atoms with Crippen molar-refractivity contribution in [2.24, 2.45) is 0 Å². The van der Waals surface area contributed by atoms with Crippen molar-refractivity contribution in [2.75, 3.05) is 26.5 Å². The normalized spacial score (nSPS) is 12.5. The van der Waals surface area contributed by atoms with Crippen LogP contribution < -0.4 is 5.32 Å². The number of esters is 1. The number of rotatable bonds is 7. The maximum atomic E-state index is 11.9. The Hall–Kier alpha value is -1.93. The highest BCUT2D eigenvalue weighted by atomic mass is 32.2. The first-order chi connectivity index (χ1) is 10.3. The van der Waals surface area contributed by atoms with Gasteiger partial charge in [0.25, 0.3) is 5.91 Å². The molecule has 122 valence electrons. The number of methoxy groups -OCH3 is 1. The van der Waals surface area contributed by atoms with Crippen LogP contribution in [0, 0.1) is 0 Å². The number of sulfone groups is 1. The van der Waals surface area contributed by atoms with Crippen LogP contribution >= 0.6 is 0 Å². The van der Waals surface area contributed by atoms with Crippen molar-refractivity contribution in [3.05, 3.63) is 29.8 Å². The van der Waals surface area contributed by atoms with Gasteiger partial charge in [0, 0.05) is 19.9 Å². The van der Waals surface area contributed by atoms with Crippen LogP contribution in [0.2, 0.25) is 0 Å². The highest BCUT2D eigenvalue weighted by molar-refractivity contribution is 7.90. The van der Waals surface area contributed by atoms with Gasteiger partial charge < -0.3 is 14.8 Å². The molecule has 0 saturated heterocycles.